The second-order valence-electron chi connectivity index (χ2n) is 5.03. The maximum Gasteiger partial charge on any atom is 0.358 e. The Morgan fingerprint density at radius 2 is 1.95 bits per heavy atom. The zero-order valence-corrected chi connectivity index (χ0v) is 12.2. The number of ketones is 2. The molecule has 5 nitrogen and oxygen atoms in total. The van der Waals surface area contributed by atoms with E-state index in [0.29, 0.717) is 17.7 Å². The molecule has 1 aliphatic heterocycles. The minimum atomic E-state index is -1.72. The Kier molecular flexibility index (Phi) is 4.40. The molecule has 2 rings (SSSR count). The van der Waals surface area contributed by atoms with Crippen molar-refractivity contribution in [3.8, 4) is 5.75 Å². The van der Waals surface area contributed by atoms with E-state index in [0.717, 1.165) is 6.42 Å². The van der Waals surface area contributed by atoms with Crippen LogP contribution >= 0.6 is 0 Å². The van der Waals surface area contributed by atoms with Crippen LogP contribution in [-0.2, 0) is 14.3 Å². The third-order valence-corrected chi connectivity index (χ3v) is 3.58. The molecule has 0 fully saturated rings. The standard InChI is InChI=1S/C16H18O5/c1-3-6-11(17)9-10-16(15(19)20-2)14(18)12-7-4-5-8-13(12)21-16/h4-5,7-8H,3,6,9-10H2,1-2H3/t16-/m0/s1. The quantitative estimate of drug-likeness (QED) is 0.594. The first kappa shape index (κ1) is 15.2. The van der Waals surface area contributed by atoms with E-state index in [1.807, 2.05) is 6.92 Å². The fraction of sp³-hybridized carbons (Fsp3) is 0.438. The van der Waals surface area contributed by atoms with E-state index in [9.17, 15) is 14.4 Å². The fourth-order valence-electron chi connectivity index (χ4n) is 2.48. The summed E-state index contributed by atoms with van der Waals surface area (Å²) >= 11 is 0. The molecule has 112 valence electrons. The van der Waals surface area contributed by atoms with Gasteiger partial charge in [0.1, 0.15) is 11.5 Å². The largest absolute Gasteiger partial charge is 0.466 e. The number of carbonyl (C=O) groups is 3. The van der Waals surface area contributed by atoms with Gasteiger partial charge in [-0.3, -0.25) is 9.59 Å². The van der Waals surface area contributed by atoms with Crippen molar-refractivity contribution in [1.82, 2.24) is 0 Å². The molecule has 1 aliphatic rings. The van der Waals surface area contributed by atoms with E-state index in [2.05, 4.69) is 0 Å². The van der Waals surface area contributed by atoms with E-state index in [4.69, 9.17) is 9.47 Å². The van der Waals surface area contributed by atoms with Gasteiger partial charge in [-0.1, -0.05) is 19.1 Å². The average molecular weight is 290 g/mol. The highest BCUT2D eigenvalue weighted by molar-refractivity contribution is 6.19. The predicted molar refractivity (Wildman–Crippen MR) is 75.3 cm³/mol. The summed E-state index contributed by atoms with van der Waals surface area (Å²) in [7, 11) is 1.21. The van der Waals surface area contributed by atoms with E-state index in [-0.39, 0.29) is 18.6 Å². The maximum atomic E-state index is 12.6. The molecular weight excluding hydrogens is 272 g/mol. The molecule has 0 saturated heterocycles. The van der Waals surface area contributed by atoms with Crippen molar-refractivity contribution in [3.63, 3.8) is 0 Å². The molecule has 1 heterocycles. The number of esters is 1. The van der Waals surface area contributed by atoms with Gasteiger partial charge in [-0.15, -0.1) is 0 Å². The van der Waals surface area contributed by atoms with Gasteiger partial charge in [-0.2, -0.15) is 0 Å². The van der Waals surface area contributed by atoms with Crippen molar-refractivity contribution >= 4 is 17.5 Å². The first-order chi connectivity index (χ1) is 10.0. The monoisotopic (exact) mass is 290 g/mol. The lowest BCUT2D eigenvalue weighted by molar-refractivity contribution is -0.154. The summed E-state index contributed by atoms with van der Waals surface area (Å²) in [4.78, 5) is 36.4. The number of ether oxygens (including phenoxy) is 2. The van der Waals surface area contributed by atoms with Crippen molar-refractivity contribution < 1.29 is 23.9 Å². The van der Waals surface area contributed by atoms with Gasteiger partial charge in [0.25, 0.3) is 5.60 Å². The van der Waals surface area contributed by atoms with Crippen LogP contribution < -0.4 is 4.74 Å². The zero-order chi connectivity index (χ0) is 15.5. The first-order valence-corrected chi connectivity index (χ1v) is 6.98. The molecule has 1 aromatic carbocycles. The van der Waals surface area contributed by atoms with E-state index >= 15 is 0 Å². The summed E-state index contributed by atoms with van der Waals surface area (Å²) in [6.07, 6.45) is 1.28. The molecule has 0 N–H and O–H groups in total. The minimum Gasteiger partial charge on any atom is -0.466 e. The number of para-hydroxylation sites is 1. The maximum absolute atomic E-state index is 12.6. The third-order valence-electron chi connectivity index (χ3n) is 3.58. The molecule has 0 saturated carbocycles. The summed E-state index contributed by atoms with van der Waals surface area (Å²) in [5.74, 6) is -0.828. The second kappa shape index (κ2) is 6.08. The highest BCUT2D eigenvalue weighted by Gasteiger charge is 2.55. The van der Waals surface area contributed by atoms with Crippen molar-refractivity contribution in [2.75, 3.05) is 7.11 Å². The molecule has 0 radical (unpaired) electrons. The van der Waals surface area contributed by atoms with Crippen LogP contribution in [0.5, 0.6) is 5.75 Å². The van der Waals surface area contributed by atoms with Crippen molar-refractivity contribution in [2.45, 2.75) is 38.2 Å². The van der Waals surface area contributed by atoms with Crippen LogP contribution in [0.3, 0.4) is 0 Å². The molecule has 1 atom stereocenters. The van der Waals surface area contributed by atoms with Gasteiger partial charge in [0.2, 0.25) is 5.78 Å². The lowest BCUT2D eigenvalue weighted by Gasteiger charge is -2.23. The minimum absolute atomic E-state index is 0.00597. The molecule has 5 heteroatoms. The normalized spacial score (nSPS) is 19.8. The van der Waals surface area contributed by atoms with E-state index < -0.39 is 17.4 Å². The van der Waals surface area contributed by atoms with Crippen molar-refractivity contribution in [3.05, 3.63) is 29.8 Å². The Hall–Kier alpha value is -2.17. The molecule has 0 bridgehead atoms. The highest BCUT2D eigenvalue weighted by atomic mass is 16.6. The summed E-state index contributed by atoms with van der Waals surface area (Å²) in [6, 6.07) is 6.67. The molecule has 0 amide bonds. The SMILES string of the molecule is CCCC(=O)CC[C@]1(C(=O)OC)Oc2ccccc2C1=O. The zero-order valence-electron chi connectivity index (χ0n) is 12.2. The highest BCUT2D eigenvalue weighted by Crippen LogP contribution is 2.38. The Morgan fingerprint density at radius 1 is 1.24 bits per heavy atom. The van der Waals surface area contributed by atoms with E-state index in [1.54, 1.807) is 24.3 Å². The first-order valence-electron chi connectivity index (χ1n) is 6.98. The summed E-state index contributed by atoms with van der Waals surface area (Å²) in [5.41, 5.74) is -1.37. The number of fused-ring (bicyclic) bond motifs is 1. The lowest BCUT2D eigenvalue weighted by atomic mass is 9.89. The average Bonchev–Trinajstić information content (AvgIpc) is 2.79. The van der Waals surface area contributed by atoms with Gasteiger partial charge in [0, 0.05) is 19.3 Å². The molecule has 1 aromatic rings. The number of hydrogen-bond donors (Lipinski definition) is 0. The Labute approximate surface area is 123 Å². The molecule has 0 aliphatic carbocycles. The summed E-state index contributed by atoms with van der Waals surface area (Å²) in [5, 5.41) is 0. The molecular formula is C16H18O5. The molecule has 0 aromatic heterocycles. The summed E-state index contributed by atoms with van der Waals surface area (Å²) in [6.45, 7) is 1.90. The van der Waals surface area contributed by atoms with Crippen LogP contribution in [-0.4, -0.2) is 30.2 Å². The number of hydrogen-bond acceptors (Lipinski definition) is 5. The van der Waals surface area contributed by atoms with Crippen molar-refractivity contribution in [2.24, 2.45) is 0 Å². The molecule has 0 unspecified atom stereocenters. The van der Waals surface area contributed by atoms with Crippen LogP contribution in [0, 0.1) is 0 Å². The Morgan fingerprint density at radius 3 is 2.57 bits per heavy atom. The van der Waals surface area contributed by atoms with Crippen LogP contribution in [0.15, 0.2) is 24.3 Å². The van der Waals surface area contributed by atoms with Gasteiger partial charge in [0.15, 0.2) is 0 Å². The van der Waals surface area contributed by atoms with Crippen molar-refractivity contribution in [1.29, 1.82) is 0 Å². The van der Waals surface area contributed by atoms with Gasteiger partial charge in [-0.05, 0) is 18.6 Å². The third kappa shape index (κ3) is 2.68. The fourth-order valence-corrected chi connectivity index (χ4v) is 2.48. The Balaban J connectivity index is 2.27. The number of rotatable bonds is 6. The van der Waals surface area contributed by atoms with Gasteiger partial charge in [-0.25, -0.2) is 4.79 Å². The number of benzene rings is 1. The van der Waals surface area contributed by atoms with Crippen LogP contribution in [0.4, 0.5) is 0 Å². The predicted octanol–water partition coefficient (Wildman–Crippen LogP) is 2.32. The molecule has 0 spiro atoms. The van der Waals surface area contributed by atoms with Gasteiger partial charge >= 0.3 is 5.97 Å². The lowest BCUT2D eigenvalue weighted by Crippen LogP contribution is -2.49. The second-order valence-corrected chi connectivity index (χ2v) is 5.03. The van der Waals surface area contributed by atoms with Gasteiger partial charge < -0.3 is 9.47 Å². The van der Waals surface area contributed by atoms with Crippen LogP contribution in [0.2, 0.25) is 0 Å². The van der Waals surface area contributed by atoms with Gasteiger partial charge in [0.05, 0.1) is 12.7 Å². The summed E-state index contributed by atoms with van der Waals surface area (Å²) < 4.78 is 10.3. The Bertz CT molecular complexity index is 578. The number of carbonyl (C=O) groups excluding carboxylic acids is 3. The number of methoxy groups -OCH3 is 1. The molecule has 21 heavy (non-hydrogen) atoms. The van der Waals surface area contributed by atoms with Crippen LogP contribution in [0.25, 0.3) is 0 Å². The smallest absolute Gasteiger partial charge is 0.358 e. The number of Topliss-reactive ketones (excluding diaryl/α,β-unsaturated/α-hetero) is 2. The van der Waals surface area contributed by atoms with E-state index in [1.165, 1.54) is 7.11 Å². The topological polar surface area (TPSA) is 69.7 Å². The van der Waals surface area contributed by atoms with Crippen LogP contribution in [0.1, 0.15) is 43.0 Å².